The first-order chi connectivity index (χ1) is 14.2. The van der Waals surface area contributed by atoms with Crippen molar-refractivity contribution in [2.75, 3.05) is 25.9 Å². The SMILES string of the molecule is CCS(=O)(=O)N(C)C1CCN(C(=O)c2cnn(-c3ccc(C)cc3)c2C(C)C)CC1. The molecule has 0 N–H and O–H groups in total. The van der Waals surface area contributed by atoms with Crippen LogP contribution < -0.4 is 0 Å². The number of nitrogens with zero attached hydrogens (tertiary/aromatic N) is 4. The Morgan fingerprint density at radius 3 is 2.33 bits per heavy atom. The van der Waals surface area contributed by atoms with Gasteiger partial charge in [-0.05, 0) is 44.7 Å². The van der Waals surface area contributed by atoms with Crippen LogP contribution in [0.4, 0.5) is 0 Å². The minimum Gasteiger partial charge on any atom is -0.338 e. The quantitative estimate of drug-likeness (QED) is 0.703. The van der Waals surface area contributed by atoms with Gasteiger partial charge in [0.15, 0.2) is 0 Å². The van der Waals surface area contributed by atoms with E-state index in [1.54, 1.807) is 20.2 Å². The lowest BCUT2D eigenvalue weighted by molar-refractivity contribution is 0.0684. The zero-order valence-electron chi connectivity index (χ0n) is 18.5. The molecule has 0 aliphatic carbocycles. The van der Waals surface area contributed by atoms with Crippen LogP contribution in [0.2, 0.25) is 0 Å². The van der Waals surface area contributed by atoms with Crippen molar-refractivity contribution < 1.29 is 13.2 Å². The molecule has 0 saturated carbocycles. The van der Waals surface area contributed by atoms with Gasteiger partial charge in [-0.25, -0.2) is 17.4 Å². The highest BCUT2D eigenvalue weighted by Crippen LogP contribution is 2.26. The fourth-order valence-electron chi connectivity index (χ4n) is 4.00. The van der Waals surface area contributed by atoms with Crippen molar-refractivity contribution in [1.82, 2.24) is 19.0 Å². The summed E-state index contributed by atoms with van der Waals surface area (Å²) in [7, 11) is -1.58. The smallest absolute Gasteiger partial charge is 0.257 e. The zero-order valence-corrected chi connectivity index (χ0v) is 19.3. The van der Waals surface area contributed by atoms with Crippen molar-refractivity contribution >= 4 is 15.9 Å². The van der Waals surface area contributed by atoms with Gasteiger partial charge in [0.1, 0.15) is 0 Å². The Bertz CT molecular complexity index is 988. The summed E-state index contributed by atoms with van der Waals surface area (Å²) in [5, 5.41) is 4.52. The summed E-state index contributed by atoms with van der Waals surface area (Å²) in [6, 6.07) is 8.04. The monoisotopic (exact) mass is 432 g/mol. The van der Waals surface area contributed by atoms with Gasteiger partial charge >= 0.3 is 0 Å². The Balaban J connectivity index is 1.79. The summed E-state index contributed by atoms with van der Waals surface area (Å²) in [4.78, 5) is 15.1. The number of hydrogen-bond acceptors (Lipinski definition) is 4. The number of hydrogen-bond donors (Lipinski definition) is 0. The maximum absolute atomic E-state index is 13.3. The molecule has 164 valence electrons. The first-order valence-electron chi connectivity index (χ1n) is 10.6. The number of rotatable bonds is 6. The van der Waals surface area contributed by atoms with Crippen molar-refractivity contribution in [3.8, 4) is 5.69 Å². The van der Waals surface area contributed by atoms with Crippen LogP contribution in [-0.2, 0) is 10.0 Å². The summed E-state index contributed by atoms with van der Waals surface area (Å²) in [5.41, 5.74) is 3.63. The van der Waals surface area contributed by atoms with Crippen molar-refractivity contribution in [2.24, 2.45) is 0 Å². The Hall–Kier alpha value is -2.19. The molecule has 1 aliphatic rings. The topological polar surface area (TPSA) is 75.5 Å². The molecule has 0 bridgehead atoms. The lowest BCUT2D eigenvalue weighted by Crippen LogP contribution is -2.47. The molecule has 2 heterocycles. The molecular formula is C22H32N4O3S. The van der Waals surface area contributed by atoms with Crippen LogP contribution in [0.15, 0.2) is 30.5 Å². The van der Waals surface area contributed by atoms with Crippen LogP contribution in [0.5, 0.6) is 0 Å². The third-order valence-corrected chi connectivity index (χ3v) is 7.84. The molecule has 1 aliphatic heterocycles. The van der Waals surface area contributed by atoms with Crippen LogP contribution >= 0.6 is 0 Å². The average Bonchev–Trinajstić information content (AvgIpc) is 3.18. The van der Waals surface area contributed by atoms with E-state index in [1.807, 2.05) is 40.8 Å². The summed E-state index contributed by atoms with van der Waals surface area (Å²) in [6.07, 6.45) is 2.95. The van der Waals surface area contributed by atoms with E-state index in [9.17, 15) is 13.2 Å². The van der Waals surface area contributed by atoms with Gasteiger partial charge < -0.3 is 4.90 Å². The number of amides is 1. The van der Waals surface area contributed by atoms with Gasteiger partial charge in [-0.3, -0.25) is 4.79 Å². The Kier molecular flexibility index (Phi) is 6.67. The van der Waals surface area contributed by atoms with Gasteiger partial charge in [-0.1, -0.05) is 31.5 Å². The summed E-state index contributed by atoms with van der Waals surface area (Å²) in [6.45, 7) is 8.91. The van der Waals surface area contributed by atoms with E-state index in [-0.39, 0.29) is 23.6 Å². The first kappa shape index (κ1) is 22.5. The van der Waals surface area contributed by atoms with Crippen LogP contribution in [-0.4, -0.2) is 65.2 Å². The molecule has 0 radical (unpaired) electrons. The largest absolute Gasteiger partial charge is 0.338 e. The number of benzene rings is 1. The van der Waals surface area contributed by atoms with Crippen molar-refractivity contribution in [3.05, 3.63) is 47.3 Å². The molecule has 30 heavy (non-hydrogen) atoms. The van der Waals surface area contributed by atoms with E-state index in [4.69, 9.17) is 0 Å². The van der Waals surface area contributed by atoms with E-state index in [1.165, 1.54) is 9.87 Å². The van der Waals surface area contributed by atoms with Gasteiger partial charge in [0.05, 0.1) is 28.9 Å². The highest BCUT2D eigenvalue weighted by molar-refractivity contribution is 7.89. The predicted molar refractivity (Wildman–Crippen MR) is 119 cm³/mol. The first-order valence-corrected chi connectivity index (χ1v) is 12.2. The third-order valence-electron chi connectivity index (χ3n) is 5.93. The second kappa shape index (κ2) is 8.89. The van der Waals surface area contributed by atoms with Crippen LogP contribution in [0, 0.1) is 6.92 Å². The number of carbonyl (C=O) groups excluding carboxylic acids is 1. The maximum Gasteiger partial charge on any atom is 0.257 e. The van der Waals surface area contributed by atoms with Gasteiger partial charge in [0.25, 0.3) is 5.91 Å². The highest BCUT2D eigenvalue weighted by Gasteiger charge is 2.32. The number of sulfonamides is 1. The maximum atomic E-state index is 13.3. The van der Waals surface area contributed by atoms with E-state index in [0.717, 1.165) is 11.4 Å². The van der Waals surface area contributed by atoms with Gasteiger partial charge in [-0.2, -0.15) is 5.10 Å². The molecule has 1 aromatic heterocycles. The second-order valence-corrected chi connectivity index (χ2v) is 10.6. The molecule has 1 aromatic carbocycles. The van der Waals surface area contributed by atoms with E-state index >= 15 is 0 Å². The lowest BCUT2D eigenvalue weighted by atomic mass is 10.0. The third kappa shape index (κ3) is 4.44. The Morgan fingerprint density at radius 2 is 1.80 bits per heavy atom. The van der Waals surface area contributed by atoms with E-state index < -0.39 is 10.0 Å². The normalized spacial score (nSPS) is 15.9. The van der Waals surface area contributed by atoms with Crippen molar-refractivity contribution in [3.63, 3.8) is 0 Å². The number of carbonyl (C=O) groups is 1. The summed E-state index contributed by atoms with van der Waals surface area (Å²) in [5.74, 6) is 0.195. The van der Waals surface area contributed by atoms with E-state index in [0.29, 0.717) is 31.5 Å². The molecule has 2 aromatic rings. The Morgan fingerprint density at radius 1 is 1.20 bits per heavy atom. The summed E-state index contributed by atoms with van der Waals surface area (Å²) >= 11 is 0. The molecule has 1 amide bonds. The fourth-order valence-corrected chi connectivity index (χ4v) is 5.08. The predicted octanol–water partition coefficient (Wildman–Crippen LogP) is 3.19. The Labute approximate surface area is 179 Å². The number of aryl methyl sites for hydroxylation is 1. The number of aromatic nitrogens is 2. The molecule has 0 spiro atoms. The molecule has 3 rings (SSSR count). The molecule has 0 unspecified atom stereocenters. The van der Waals surface area contributed by atoms with Gasteiger partial charge in [0, 0.05) is 26.2 Å². The average molecular weight is 433 g/mol. The van der Waals surface area contributed by atoms with Crippen molar-refractivity contribution in [1.29, 1.82) is 0 Å². The van der Waals surface area contributed by atoms with Crippen LogP contribution in [0.1, 0.15) is 61.1 Å². The molecule has 1 saturated heterocycles. The molecular weight excluding hydrogens is 400 g/mol. The molecule has 8 heteroatoms. The molecule has 7 nitrogen and oxygen atoms in total. The van der Waals surface area contributed by atoms with Gasteiger partial charge in [0.2, 0.25) is 10.0 Å². The number of likely N-dealkylation sites (tertiary alicyclic amines) is 1. The minimum atomic E-state index is -3.22. The second-order valence-electron chi connectivity index (χ2n) is 8.29. The zero-order chi connectivity index (χ0) is 22.1. The standard InChI is InChI=1S/C22H32N4O3S/c1-6-30(28,29)24(5)18-11-13-25(14-12-18)22(27)20-15-23-26(21(20)16(2)3)19-9-7-17(4)8-10-19/h7-10,15-16,18H,6,11-14H2,1-5H3. The molecule has 1 fully saturated rings. The highest BCUT2D eigenvalue weighted by atomic mass is 32.2. The fraction of sp³-hybridized carbons (Fsp3) is 0.545. The van der Waals surface area contributed by atoms with Crippen molar-refractivity contribution in [2.45, 2.75) is 52.5 Å². The van der Waals surface area contributed by atoms with Gasteiger partial charge in [-0.15, -0.1) is 0 Å². The van der Waals surface area contributed by atoms with Crippen LogP contribution in [0.25, 0.3) is 5.69 Å². The summed E-state index contributed by atoms with van der Waals surface area (Å²) < 4.78 is 27.6. The van der Waals surface area contributed by atoms with E-state index in [2.05, 4.69) is 18.9 Å². The molecule has 0 atom stereocenters. The lowest BCUT2D eigenvalue weighted by Gasteiger charge is -2.36. The van der Waals surface area contributed by atoms with Crippen LogP contribution in [0.3, 0.4) is 0 Å². The number of piperidine rings is 1. The minimum absolute atomic E-state index is 0.0310.